The molecule has 0 aliphatic carbocycles. The average molecular weight is 252 g/mol. The number of carbonyl (C=O) groups excluding carboxylic acids is 1. The minimum Gasteiger partial charge on any atom is -0.364 e. The Kier molecular flexibility index (Phi) is 2.34. The van der Waals surface area contributed by atoms with Gasteiger partial charge in [-0.15, -0.1) is 0 Å². The van der Waals surface area contributed by atoms with E-state index >= 15 is 0 Å². The van der Waals surface area contributed by atoms with Crippen molar-refractivity contribution in [3.05, 3.63) is 29.3 Å². The average Bonchev–Trinajstić information content (AvgIpc) is 3.11. The third-order valence-corrected chi connectivity index (χ3v) is 5.06. The van der Waals surface area contributed by atoms with Crippen molar-refractivity contribution in [1.82, 2.24) is 0 Å². The predicted octanol–water partition coefficient (Wildman–Crippen LogP) is 0.988. The Morgan fingerprint density at radius 2 is 2.12 bits per heavy atom. The second kappa shape index (κ2) is 3.65. The zero-order chi connectivity index (χ0) is 12.0. The number of Topliss-reactive ketones (excluding diaryl/α,β-unsaturated/α-hetero) is 1. The van der Waals surface area contributed by atoms with Gasteiger partial charge in [0.1, 0.15) is 6.10 Å². The Hall–Kier alpha value is -1.20. The molecular weight excluding hydrogens is 240 g/mol. The van der Waals surface area contributed by atoms with Crippen LogP contribution in [0.1, 0.15) is 22.3 Å². The molecule has 17 heavy (non-hydrogen) atoms. The number of aryl methyl sites for hydroxylation is 1. The van der Waals surface area contributed by atoms with Gasteiger partial charge in [0.25, 0.3) is 0 Å². The minimum absolute atomic E-state index is 0.0456. The van der Waals surface area contributed by atoms with E-state index in [1.165, 1.54) is 0 Å². The molecule has 2 aliphatic heterocycles. The van der Waals surface area contributed by atoms with Crippen molar-refractivity contribution in [2.45, 2.75) is 23.8 Å². The van der Waals surface area contributed by atoms with E-state index in [0.29, 0.717) is 23.5 Å². The fourth-order valence-corrected chi connectivity index (χ4v) is 3.76. The van der Waals surface area contributed by atoms with E-state index in [4.69, 9.17) is 4.74 Å². The van der Waals surface area contributed by atoms with Crippen molar-refractivity contribution in [3.63, 3.8) is 0 Å². The fourth-order valence-electron chi connectivity index (χ4n) is 2.18. The summed E-state index contributed by atoms with van der Waals surface area (Å²) in [4.78, 5) is 12.2. The molecule has 0 N–H and O–H groups in total. The van der Waals surface area contributed by atoms with Gasteiger partial charge >= 0.3 is 0 Å². The lowest BCUT2D eigenvalue weighted by Crippen LogP contribution is -2.17. The highest BCUT2D eigenvalue weighted by molar-refractivity contribution is 7.91. The van der Waals surface area contributed by atoms with Crippen LogP contribution in [-0.2, 0) is 21.0 Å². The fraction of sp³-hybridized carbons (Fsp3) is 0.417. The molecule has 1 unspecified atom stereocenters. The number of rotatable bonds is 2. The molecule has 0 bridgehead atoms. The maximum Gasteiger partial charge on any atom is 0.193 e. The van der Waals surface area contributed by atoms with Crippen molar-refractivity contribution >= 4 is 15.6 Å². The standard InChI is InChI=1S/C12H12O4S/c13-12(10-7-16-10)9-3-4-11-8(6-9)2-1-5-17(11,14)15/h3-4,6,10H,1-2,5,7H2. The Labute approximate surface area is 99.5 Å². The van der Waals surface area contributed by atoms with Crippen LogP contribution in [0.4, 0.5) is 0 Å². The summed E-state index contributed by atoms with van der Waals surface area (Å²) in [5.41, 5.74) is 1.33. The van der Waals surface area contributed by atoms with E-state index in [2.05, 4.69) is 0 Å². The summed E-state index contributed by atoms with van der Waals surface area (Å²) < 4.78 is 28.5. The summed E-state index contributed by atoms with van der Waals surface area (Å²) in [6, 6.07) is 4.85. The molecule has 1 aromatic rings. The molecule has 4 nitrogen and oxygen atoms in total. The van der Waals surface area contributed by atoms with Crippen LogP contribution in [0.3, 0.4) is 0 Å². The maximum absolute atomic E-state index is 11.8. The predicted molar refractivity (Wildman–Crippen MR) is 60.9 cm³/mol. The molecule has 1 fully saturated rings. The normalized spacial score (nSPS) is 25.1. The number of carbonyl (C=O) groups is 1. The number of ketones is 1. The quantitative estimate of drug-likeness (QED) is 0.581. The zero-order valence-corrected chi connectivity index (χ0v) is 10.00. The second-order valence-corrected chi connectivity index (χ2v) is 6.51. The Bertz CT molecular complexity index is 585. The number of fused-ring (bicyclic) bond motifs is 1. The SMILES string of the molecule is O=C(c1ccc2c(c1)CCCS2(=O)=O)C1CO1. The van der Waals surface area contributed by atoms with Crippen LogP contribution in [0.15, 0.2) is 23.1 Å². The first kappa shape index (κ1) is 10.9. The van der Waals surface area contributed by atoms with Crippen LogP contribution in [0.25, 0.3) is 0 Å². The monoisotopic (exact) mass is 252 g/mol. The van der Waals surface area contributed by atoms with Crippen molar-refractivity contribution in [2.24, 2.45) is 0 Å². The molecule has 0 radical (unpaired) electrons. The van der Waals surface area contributed by atoms with Gasteiger partial charge < -0.3 is 4.74 Å². The van der Waals surface area contributed by atoms with Crippen molar-refractivity contribution < 1.29 is 17.9 Å². The van der Waals surface area contributed by atoms with E-state index in [9.17, 15) is 13.2 Å². The summed E-state index contributed by atoms with van der Waals surface area (Å²) in [5, 5.41) is 0. The molecular formula is C12H12O4S. The van der Waals surface area contributed by atoms with Gasteiger partial charge in [0.05, 0.1) is 17.3 Å². The van der Waals surface area contributed by atoms with Crippen LogP contribution in [0.5, 0.6) is 0 Å². The van der Waals surface area contributed by atoms with E-state index in [1.807, 2.05) is 0 Å². The van der Waals surface area contributed by atoms with Gasteiger partial charge in [-0.3, -0.25) is 4.79 Å². The number of sulfone groups is 1. The van der Waals surface area contributed by atoms with Gasteiger partial charge in [-0.2, -0.15) is 0 Å². The van der Waals surface area contributed by atoms with Gasteiger partial charge in [-0.1, -0.05) is 0 Å². The van der Waals surface area contributed by atoms with Gasteiger partial charge in [0, 0.05) is 5.56 Å². The largest absolute Gasteiger partial charge is 0.364 e. The first-order chi connectivity index (χ1) is 8.08. The summed E-state index contributed by atoms with van der Waals surface area (Å²) >= 11 is 0. The molecule has 5 heteroatoms. The molecule has 0 saturated carbocycles. The topological polar surface area (TPSA) is 63.7 Å². The molecule has 0 aromatic heterocycles. The van der Waals surface area contributed by atoms with Gasteiger partial charge in [-0.05, 0) is 36.6 Å². The molecule has 1 atom stereocenters. The van der Waals surface area contributed by atoms with Gasteiger partial charge in [-0.25, -0.2) is 8.42 Å². The van der Waals surface area contributed by atoms with E-state index < -0.39 is 9.84 Å². The Morgan fingerprint density at radius 3 is 2.82 bits per heavy atom. The highest BCUT2D eigenvalue weighted by atomic mass is 32.2. The number of benzene rings is 1. The third-order valence-electron chi connectivity index (χ3n) is 3.17. The highest BCUT2D eigenvalue weighted by Crippen LogP contribution is 2.27. The van der Waals surface area contributed by atoms with Crippen LogP contribution < -0.4 is 0 Å². The highest BCUT2D eigenvalue weighted by Gasteiger charge is 2.33. The Morgan fingerprint density at radius 1 is 1.35 bits per heavy atom. The lowest BCUT2D eigenvalue weighted by Gasteiger charge is -2.16. The molecule has 3 rings (SSSR count). The third kappa shape index (κ3) is 1.89. The molecule has 1 aromatic carbocycles. The molecule has 90 valence electrons. The van der Waals surface area contributed by atoms with Crippen LogP contribution in [0, 0.1) is 0 Å². The summed E-state index contributed by atoms with van der Waals surface area (Å²) in [7, 11) is -3.13. The first-order valence-corrected chi connectivity index (χ1v) is 7.25. The van der Waals surface area contributed by atoms with Crippen LogP contribution in [0.2, 0.25) is 0 Å². The van der Waals surface area contributed by atoms with Crippen LogP contribution >= 0.6 is 0 Å². The van der Waals surface area contributed by atoms with Crippen molar-refractivity contribution in [1.29, 1.82) is 0 Å². The summed E-state index contributed by atoms with van der Waals surface area (Å²) in [6.07, 6.45) is 1.04. The maximum atomic E-state index is 11.8. The molecule has 0 amide bonds. The molecule has 0 spiro atoms. The Balaban J connectivity index is 2.04. The summed E-state index contributed by atoms with van der Waals surface area (Å²) in [5.74, 6) is 0.162. The van der Waals surface area contributed by atoms with E-state index in [0.717, 1.165) is 12.0 Å². The number of hydrogen-bond donors (Lipinski definition) is 0. The zero-order valence-electron chi connectivity index (χ0n) is 9.18. The number of ether oxygens (including phenoxy) is 1. The lowest BCUT2D eigenvalue weighted by molar-refractivity contribution is 0.0953. The van der Waals surface area contributed by atoms with Crippen molar-refractivity contribution in [3.8, 4) is 0 Å². The smallest absolute Gasteiger partial charge is 0.193 e. The molecule has 1 saturated heterocycles. The van der Waals surface area contributed by atoms with Crippen molar-refractivity contribution in [2.75, 3.05) is 12.4 Å². The van der Waals surface area contributed by atoms with Crippen LogP contribution in [-0.4, -0.2) is 32.7 Å². The minimum atomic E-state index is -3.13. The van der Waals surface area contributed by atoms with Gasteiger partial charge in [0.15, 0.2) is 15.6 Å². The van der Waals surface area contributed by atoms with E-state index in [-0.39, 0.29) is 17.6 Å². The number of epoxide rings is 1. The lowest BCUT2D eigenvalue weighted by atomic mass is 10.0. The molecule has 2 aliphatic rings. The molecule has 2 heterocycles. The second-order valence-electron chi connectivity index (χ2n) is 4.43. The first-order valence-electron chi connectivity index (χ1n) is 5.59. The number of hydrogen-bond acceptors (Lipinski definition) is 4. The van der Waals surface area contributed by atoms with E-state index in [1.54, 1.807) is 18.2 Å². The van der Waals surface area contributed by atoms with Gasteiger partial charge in [0.2, 0.25) is 0 Å². The summed E-state index contributed by atoms with van der Waals surface area (Å²) in [6.45, 7) is 0.480.